The Balaban J connectivity index is 2.39. The zero-order chi connectivity index (χ0) is 16.9. The van der Waals surface area contributed by atoms with Gasteiger partial charge in [0.25, 0.3) is 0 Å². The minimum atomic E-state index is -4.63. The van der Waals surface area contributed by atoms with E-state index in [0.717, 1.165) is 17.5 Å². The normalized spacial score (nSPS) is 17.5. The number of nitrogens with one attached hydrogen (secondary N) is 1. The highest BCUT2D eigenvalue weighted by molar-refractivity contribution is 6.32. The fraction of sp³-hybridized carbons (Fsp3) is 0.714. The second-order valence-corrected chi connectivity index (χ2v) is 7.06. The van der Waals surface area contributed by atoms with Crippen molar-refractivity contribution >= 4 is 17.5 Å². The van der Waals surface area contributed by atoms with Crippen LogP contribution in [0, 0.1) is 0 Å². The van der Waals surface area contributed by atoms with E-state index in [1.165, 1.54) is 6.92 Å². The number of carbonyl (C=O) groups excluding carboxylic acids is 1. The number of nitrogens with zero attached hydrogens (tertiary/aromatic N) is 2. The molecule has 0 aromatic carbocycles. The van der Waals surface area contributed by atoms with Crippen LogP contribution in [-0.2, 0) is 11.0 Å². The highest BCUT2D eigenvalue weighted by Gasteiger charge is 2.43. The standard InChI is InChI=1S/C14H19ClF3N3O/c1-7(12(22)19-13(2,3)4)21-10(8-5-6-8)9(15)11(20-21)14(16,17)18/h7-8H,5-6H2,1-4H3,(H,19,22). The summed E-state index contributed by atoms with van der Waals surface area (Å²) in [6.45, 7) is 6.93. The van der Waals surface area contributed by atoms with E-state index in [1.807, 2.05) is 0 Å². The summed E-state index contributed by atoms with van der Waals surface area (Å²) in [7, 11) is 0. The molecule has 1 aliphatic rings. The Morgan fingerprint density at radius 1 is 1.36 bits per heavy atom. The third-order valence-corrected chi connectivity index (χ3v) is 3.74. The number of alkyl halides is 3. The molecule has 2 rings (SSSR count). The molecule has 1 aromatic heterocycles. The van der Waals surface area contributed by atoms with Crippen molar-refractivity contribution in [2.24, 2.45) is 0 Å². The van der Waals surface area contributed by atoms with Crippen molar-refractivity contribution < 1.29 is 18.0 Å². The van der Waals surface area contributed by atoms with Crippen molar-refractivity contribution in [2.45, 2.75) is 64.2 Å². The monoisotopic (exact) mass is 337 g/mol. The van der Waals surface area contributed by atoms with Gasteiger partial charge in [-0.25, -0.2) is 0 Å². The molecule has 1 aliphatic carbocycles. The van der Waals surface area contributed by atoms with E-state index in [2.05, 4.69) is 10.4 Å². The quantitative estimate of drug-likeness (QED) is 0.909. The summed E-state index contributed by atoms with van der Waals surface area (Å²) in [6, 6.07) is -0.858. The summed E-state index contributed by atoms with van der Waals surface area (Å²) in [6.07, 6.45) is -3.11. The van der Waals surface area contributed by atoms with Crippen molar-refractivity contribution in [1.82, 2.24) is 15.1 Å². The predicted molar refractivity (Wildman–Crippen MR) is 76.8 cm³/mol. The van der Waals surface area contributed by atoms with Gasteiger partial charge in [0.15, 0.2) is 5.69 Å². The Hall–Kier alpha value is -1.24. The summed E-state index contributed by atoms with van der Waals surface area (Å²) in [5.74, 6) is -0.441. The molecule has 1 unspecified atom stereocenters. The maximum Gasteiger partial charge on any atom is 0.436 e. The lowest BCUT2D eigenvalue weighted by molar-refractivity contribution is -0.142. The average Bonchev–Trinajstić information content (AvgIpc) is 3.08. The van der Waals surface area contributed by atoms with E-state index in [9.17, 15) is 18.0 Å². The van der Waals surface area contributed by atoms with Crippen LogP contribution in [0.25, 0.3) is 0 Å². The molecule has 124 valence electrons. The van der Waals surface area contributed by atoms with E-state index >= 15 is 0 Å². The molecule has 0 aliphatic heterocycles. The van der Waals surface area contributed by atoms with Crippen molar-refractivity contribution in [3.05, 3.63) is 16.4 Å². The number of carbonyl (C=O) groups is 1. The van der Waals surface area contributed by atoms with Gasteiger partial charge < -0.3 is 5.32 Å². The summed E-state index contributed by atoms with van der Waals surface area (Å²) < 4.78 is 40.1. The molecule has 1 aromatic rings. The summed E-state index contributed by atoms with van der Waals surface area (Å²) >= 11 is 5.90. The zero-order valence-electron chi connectivity index (χ0n) is 12.9. The van der Waals surface area contributed by atoms with Crippen molar-refractivity contribution in [2.75, 3.05) is 0 Å². The largest absolute Gasteiger partial charge is 0.436 e. The molecule has 4 nitrogen and oxygen atoms in total. The maximum atomic E-state index is 13.0. The number of halogens is 4. The predicted octanol–water partition coefficient (Wildman–Crippen LogP) is 3.91. The lowest BCUT2D eigenvalue weighted by Crippen LogP contribution is -2.44. The first-order chi connectivity index (χ1) is 9.92. The van der Waals surface area contributed by atoms with Gasteiger partial charge in [-0.2, -0.15) is 18.3 Å². The molecule has 8 heteroatoms. The molecule has 1 amide bonds. The van der Waals surface area contributed by atoms with Gasteiger partial charge >= 0.3 is 6.18 Å². The summed E-state index contributed by atoms with van der Waals surface area (Å²) in [5, 5.41) is 5.96. The Bertz CT molecular complexity index is 585. The maximum absolute atomic E-state index is 13.0. The highest BCUT2D eigenvalue weighted by atomic mass is 35.5. The smallest absolute Gasteiger partial charge is 0.350 e. The SMILES string of the molecule is CC(C(=O)NC(C)(C)C)n1nc(C(F)(F)F)c(Cl)c1C1CC1. The van der Waals surface area contributed by atoms with Gasteiger partial charge in [0.05, 0.1) is 10.7 Å². The van der Waals surface area contributed by atoms with Gasteiger partial charge in [-0.05, 0) is 40.5 Å². The van der Waals surface area contributed by atoms with E-state index in [0.29, 0.717) is 5.69 Å². The Morgan fingerprint density at radius 3 is 2.32 bits per heavy atom. The molecule has 0 saturated heterocycles. The third kappa shape index (κ3) is 3.56. The van der Waals surface area contributed by atoms with Crippen LogP contribution in [0.1, 0.15) is 63.9 Å². The van der Waals surface area contributed by atoms with Crippen LogP contribution in [0.15, 0.2) is 0 Å². The van der Waals surface area contributed by atoms with Crippen molar-refractivity contribution in [1.29, 1.82) is 0 Å². The number of hydrogen-bond acceptors (Lipinski definition) is 2. The van der Waals surface area contributed by atoms with Gasteiger partial charge in [-0.3, -0.25) is 9.48 Å². The van der Waals surface area contributed by atoms with Gasteiger partial charge in [-0.15, -0.1) is 0 Å². The fourth-order valence-corrected chi connectivity index (χ4v) is 2.60. The van der Waals surface area contributed by atoms with Crippen LogP contribution < -0.4 is 5.32 Å². The average molecular weight is 338 g/mol. The number of aromatic nitrogens is 2. The fourth-order valence-electron chi connectivity index (χ4n) is 2.21. The van der Waals surface area contributed by atoms with Crippen LogP contribution in [0.3, 0.4) is 0 Å². The molecular weight excluding hydrogens is 319 g/mol. The van der Waals surface area contributed by atoms with E-state index in [-0.39, 0.29) is 16.8 Å². The Labute approximate surface area is 132 Å². The van der Waals surface area contributed by atoms with Crippen molar-refractivity contribution in [3.63, 3.8) is 0 Å². The van der Waals surface area contributed by atoms with Gasteiger partial charge in [0, 0.05) is 11.5 Å². The summed E-state index contributed by atoms with van der Waals surface area (Å²) in [4.78, 5) is 12.2. The second kappa shape index (κ2) is 5.44. The van der Waals surface area contributed by atoms with Crippen LogP contribution in [0.4, 0.5) is 13.2 Å². The van der Waals surface area contributed by atoms with E-state index < -0.39 is 23.5 Å². The lowest BCUT2D eigenvalue weighted by Gasteiger charge is -2.24. The first-order valence-electron chi connectivity index (χ1n) is 7.09. The third-order valence-electron chi connectivity index (χ3n) is 3.36. The Morgan fingerprint density at radius 2 is 1.91 bits per heavy atom. The highest BCUT2D eigenvalue weighted by Crippen LogP contribution is 2.47. The molecule has 1 heterocycles. The van der Waals surface area contributed by atoms with Crippen LogP contribution in [-0.4, -0.2) is 21.2 Å². The molecular formula is C14H19ClF3N3O. The molecule has 1 fully saturated rings. The van der Waals surface area contributed by atoms with Crippen LogP contribution in [0.5, 0.6) is 0 Å². The minimum Gasteiger partial charge on any atom is -0.350 e. The van der Waals surface area contributed by atoms with Gasteiger partial charge in [0.1, 0.15) is 6.04 Å². The number of amides is 1. The van der Waals surface area contributed by atoms with Crippen LogP contribution >= 0.6 is 11.6 Å². The zero-order valence-corrected chi connectivity index (χ0v) is 13.6. The molecule has 1 saturated carbocycles. The van der Waals surface area contributed by atoms with Gasteiger partial charge in [-0.1, -0.05) is 11.6 Å². The molecule has 0 spiro atoms. The summed E-state index contributed by atoms with van der Waals surface area (Å²) in [5.41, 5.74) is -1.29. The van der Waals surface area contributed by atoms with Crippen molar-refractivity contribution in [3.8, 4) is 0 Å². The molecule has 0 radical (unpaired) electrons. The number of hydrogen-bond donors (Lipinski definition) is 1. The van der Waals surface area contributed by atoms with Gasteiger partial charge in [0.2, 0.25) is 5.91 Å². The molecule has 22 heavy (non-hydrogen) atoms. The molecule has 1 N–H and O–H groups in total. The van der Waals surface area contributed by atoms with E-state index in [1.54, 1.807) is 20.8 Å². The lowest BCUT2D eigenvalue weighted by atomic mass is 10.1. The first-order valence-corrected chi connectivity index (χ1v) is 7.46. The van der Waals surface area contributed by atoms with Crippen LogP contribution in [0.2, 0.25) is 5.02 Å². The first kappa shape index (κ1) is 17.1. The second-order valence-electron chi connectivity index (χ2n) is 6.68. The Kier molecular flexibility index (Phi) is 4.23. The van der Waals surface area contributed by atoms with E-state index in [4.69, 9.17) is 11.6 Å². The minimum absolute atomic E-state index is 0.0546. The number of rotatable bonds is 3. The molecule has 0 bridgehead atoms. The topological polar surface area (TPSA) is 46.9 Å². The molecule has 1 atom stereocenters.